The Balaban J connectivity index is 2.49. The normalized spacial score (nSPS) is 10.9. The first-order chi connectivity index (χ1) is 6.29. The third-order valence-electron chi connectivity index (χ3n) is 1.62. The number of aromatic nitrogens is 3. The molecule has 0 atom stereocenters. The molecule has 0 bridgehead atoms. The summed E-state index contributed by atoms with van der Waals surface area (Å²) in [5, 5.41) is 4.20. The Hall–Kier alpha value is -0.940. The van der Waals surface area contributed by atoms with Crippen LogP contribution < -0.4 is 0 Å². The Morgan fingerprint density at radius 1 is 1.62 bits per heavy atom. The van der Waals surface area contributed by atoms with E-state index in [1.165, 1.54) is 0 Å². The molecule has 2 rings (SSSR count). The van der Waals surface area contributed by atoms with Crippen LogP contribution in [0.15, 0.2) is 22.8 Å². The van der Waals surface area contributed by atoms with E-state index in [-0.39, 0.29) is 0 Å². The van der Waals surface area contributed by atoms with Gasteiger partial charge in [0.2, 0.25) is 0 Å². The van der Waals surface area contributed by atoms with Gasteiger partial charge in [0, 0.05) is 17.8 Å². The zero-order valence-electron chi connectivity index (χ0n) is 7.07. The molecule has 2 aromatic rings. The number of methoxy groups -OCH3 is 1. The zero-order chi connectivity index (χ0) is 9.26. The van der Waals surface area contributed by atoms with Crippen LogP contribution in [-0.2, 0) is 11.3 Å². The lowest BCUT2D eigenvalue weighted by molar-refractivity contribution is 0.178. The molecule has 0 radical (unpaired) electrons. The molecule has 0 spiro atoms. The van der Waals surface area contributed by atoms with Crippen LogP contribution in [0.25, 0.3) is 5.65 Å². The first kappa shape index (κ1) is 8.65. The maximum absolute atomic E-state index is 4.94. The number of halogens is 1. The summed E-state index contributed by atoms with van der Waals surface area (Å²) in [4.78, 5) is 4.26. The first-order valence-electron chi connectivity index (χ1n) is 3.79. The highest BCUT2D eigenvalue weighted by atomic mass is 79.9. The van der Waals surface area contributed by atoms with Gasteiger partial charge < -0.3 is 4.74 Å². The van der Waals surface area contributed by atoms with Gasteiger partial charge in [-0.2, -0.15) is 0 Å². The van der Waals surface area contributed by atoms with Gasteiger partial charge in [-0.05, 0) is 12.1 Å². The third-order valence-corrected chi connectivity index (χ3v) is 2.11. The van der Waals surface area contributed by atoms with Gasteiger partial charge in [-0.15, -0.1) is 5.10 Å². The van der Waals surface area contributed by atoms with E-state index in [0.717, 1.165) is 10.1 Å². The van der Waals surface area contributed by atoms with E-state index in [0.29, 0.717) is 12.4 Å². The average Bonchev–Trinajstić information content (AvgIpc) is 2.46. The van der Waals surface area contributed by atoms with E-state index < -0.39 is 0 Å². The molecule has 13 heavy (non-hydrogen) atoms. The van der Waals surface area contributed by atoms with Gasteiger partial charge >= 0.3 is 0 Å². The van der Waals surface area contributed by atoms with Crippen LogP contribution in [0.1, 0.15) is 5.82 Å². The van der Waals surface area contributed by atoms with Crippen LogP contribution in [0.3, 0.4) is 0 Å². The number of nitrogens with zero attached hydrogens (tertiary/aromatic N) is 3. The highest BCUT2D eigenvalue weighted by Gasteiger charge is 2.02. The summed E-state index contributed by atoms with van der Waals surface area (Å²) >= 11 is 3.37. The SMILES string of the molecule is COCc1nc2cc(Br)ccn2n1. The molecule has 5 heteroatoms. The Kier molecular flexibility index (Phi) is 2.28. The van der Waals surface area contributed by atoms with E-state index >= 15 is 0 Å². The minimum absolute atomic E-state index is 0.444. The molecule has 0 aliphatic rings. The quantitative estimate of drug-likeness (QED) is 0.803. The van der Waals surface area contributed by atoms with Crippen LogP contribution >= 0.6 is 15.9 Å². The van der Waals surface area contributed by atoms with E-state index in [1.807, 2.05) is 18.3 Å². The van der Waals surface area contributed by atoms with Crippen molar-refractivity contribution >= 4 is 21.6 Å². The molecule has 0 aliphatic heterocycles. The molecule has 2 aromatic heterocycles. The summed E-state index contributed by atoms with van der Waals surface area (Å²) in [7, 11) is 1.63. The topological polar surface area (TPSA) is 39.4 Å². The molecule has 0 saturated carbocycles. The Bertz CT molecular complexity index is 426. The van der Waals surface area contributed by atoms with Crippen molar-refractivity contribution in [1.82, 2.24) is 14.6 Å². The fourth-order valence-corrected chi connectivity index (χ4v) is 1.42. The number of pyridine rings is 1. The fourth-order valence-electron chi connectivity index (χ4n) is 1.09. The highest BCUT2D eigenvalue weighted by molar-refractivity contribution is 9.10. The van der Waals surface area contributed by atoms with E-state index in [2.05, 4.69) is 26.0 Å². The number of hydrogen-bond donors (Lipinski definition) is 0. The standard InChI is InChI=1S/C8H8BrN3O/c1-13-5-7-10-8-4-6(9)2-3-12(8)11-7/h2-4H,5H2,1H3. The molecule has 4 nitrogen and oxygen atoms in total. The summed E-state index contributed by atoms with van der Waals surface area (Å²) in [6, 6.07) is 3.82. The zero-order valence-corrected chi connectivity index (χ0v) is 8.65. The van der Waals surface area contributed by atoms with Crippen LogP contribution in [0.2, 0.25) is 0 Å². The predicted octanol–water partition coefficient (Wildman–Crippen LogP) is 1.64. The minimum atomic E-state index is 0.444. The van der Waals surface area contributed by atoms with Crippen molar-refractivity contribution < 1.29 is 4.74 Å². The first-order valence-corrected chi connectivity index (χ1v) is 4.58. The number of ether oxygens (including phenoxy) is 1. The molecule has 68 valence electrons. The van der Waals surface area contributed by atoms with Crippen molar-refractivity contribution in [3.05, 3.63) is 28.6 Å². The second-order valence-corrected chi connectivity index (χ2v) is 3.52. The highest BCUT2D eigenvalue weighted by Crippen LogP contribution is 2.11. The number of fused-ring (bicyclic) bond motifs is 1. The second kappa shape index (κ2) is 3.43. The third kappa shape index (κ3) is 1.71. The van der Waals surface area contributed by atoms with Crippen molar-refractivity contribution in [3.63, 3.8) is 0 Å². The summed E-state index contributed by atoms with van der Waals surface area (Å²) in [6.07, 6.45) is 1.85. The Morgan fingerprint density at radius 3 is 3.23 bits per heavy atom. The summed E-state index contributed by atoms with van der Waals surface area (Å²) in [6.45, 7) is 0.444. The Labute approximate surface area is 83.7 Å². The van der Waals surface area contributed by atoms with Gasteiger partial charge in [0.1, 0.15) is 6.61 Å². The Morgan fingerprint density at radius 2 is 2.46 bits per heavy atom. The second-order valence-electron chi connectivity index (χ2n) is 2.61. The smallest absolute Gasteiger partial charge is 0.177 e. The lowest BCUT2D eigenvalue weighted by Crippen LogP contribution is -1.90. The van der Waals surface area contributed by atoms with Crippen LogP contribution in [0, 0.1) is 0 Å². The maximum atomic E-state index is 4.94. The summed E-state index contributed by atoms with van der Waals surface area (Å²) in [5.74, 6) is 0.695. The average molecular weight is 242 g/mol. The van der Waals surface area contributed by atoms with E-state index in [4.69, 9.17) is 4.74 Å². The lowest BCUT2D eigenvalue weighted by Gasteiger charge is -1.89. The van der Waals surface area contributed by atoms with Gasteiger partial charge in [-0.25, -0.2) is 9.50 Å². The van der Waals surface area contributed by atoms with Gasteiger partial charge in [-0.3, -0.25) is 0 Å². The van der Waals surface area contributed by atoms with Gasteiger partial charge in [0.15, 0.2) is 11.5 Å². The van der Waals surface area contributed by atoms with Crippen molar-refractivity contribution in [2.75, 3.05) is 7.11 Å². The molecule has 0 aromatic carbocycles. The largest absolute Gasteiger partial charge is 0.377 e. The molecule has 0 amide bonds. The molecule has 0 fully saturated rings. The molecule has 0 saturated heterocycles. The van der Waals surface area contributed by atoms with E-state index in [1.54, 1.807) is 11.6 Å². The lowest BCUT2D eigenvalue weighted by atomic mass is 10.5. The molecule has 0 unspecified atom stereocenters. The number of rotatable bonds is 2. The molecule has 0 aliphatic carbocycles. The van der Waals surface area contributed by atoms with Gasteiger partial charge in [0.25, 0.3) is 0 Å². The molecular weight excluding hydrogens is 234 g/mol. The molecule has 2 heterocycles. The van der Waals surface area contributed by atoms with Crippen molar-refractivity contribution in [2.24, 2.45) is 0 Å². The van der Waals surface area contributed by atoms with Gasteiger partial charge in [0.05, 0.1) is 0 Å². The van der Waals surface area contributed by atoms with Crippen molar-refractivity contribution in [2.45, 2.75) is 6.61 Å². The van der Waals surface area contributed by atoms with Crippen molar-refractivity contribution in [3.8, 4) is 0 Å². The molecule has 0 N–H and O–H groups in total. The fraction of sp³-hybridized carbons (Fsp3) is 0.250. The minimum Gasteiger partial charge on any atom is -0.377 e. The van der Waals surface area contributed by atoms with Crippen LogP contribution in [0.4, 0.5) is 0 Å². The maximum Gasteiger partial charge on any atom is 0.177 e. The van der Waals surface area contributed by atoms with Crippen LogP contribution in [-0.4, -0.2) is 21.7 Å². The molecular formula is C8H8BrN3O. The van der Waals surface area contributed by atoms with Crippen LogP contribution in [0.5, 0.6) is 0 Å². The predicted molar refractivity (Wildman–Crippen MR) is 51.4 cm³/mol. The summed E-state index contributed by atoms with van der Waals surface area (Å²) in [5.41, 5.74) is 0.821. The number of hydrogen-bond acceptors (Lipinski definition) is 3. The van der Waals surface area contributed by atoms with Crippen molar-refractivity contribution in [1.29, 1.82) is 0 Å². The monoisotopic (exact) mass is 241 g/mol. The van der Waals surface area contributed by atoms with E-state index in [9.17, 15) is 0 Å². The van der Waals surface area contributed by atoms with Gasteiger partial charge in [-0.1, -0.05) is 15.9 Å². The summed E-state index contributed by atoms with van der Waals surface area (Å²) < 4.78 is 7.66.